The second-order valence-electron chi connectivity index (χ2n) is 16.2. The Morgan fingerprint density at radius 1 is 0.500 bits per heavy atom. The number of carbonyl (C=O) groups excluding carboxylic acids is 2. The van der Waals surface area contributed by atoms with Crippen LogP contribution in [0.1, 0.15) is 233 Å². The maximum atomic E-state index is 12.8. The summed E-state index contributed by atoms with van der Waals surface area (Å²) in [5, 5.41) is 9.60. The van der Waals surface area contributed by atoms with Crippen molar-refractivity contribution in [2.75, 3.05) is 46.1 Å². The summed E-state index contributed by atoms with van der Waals surface area (Å²) in [6.07, 6.45) is 36.7. The largest absolute Gasteiger partial charge is 0.465 e. The van der Waals surface area contributed by atoms with Crippen molar-refractivity contribution >= 4 is 11.9 Å². The molecule has 1 unspecified atom stereocenters. The fourth-order valence-electron chi connectivity index (χ4n) is 7.26. The van der Waals surface area contributed by atoms with Gasteiger partial charge in [-0.3, -0.25) is 9.59 Å². The van der Waals surface area contributed by atoms with Gasteiger partial charge in [0, 0.05) is 19.6 Å². The Labute approximate surface area is 336 Å². The number of aliphatic hydroxyl groups excluding tert-OH is 1. The standard InChI is InChI=1S/C47H93NO6/c1-5-9-13-16-20-26-34-45(35-27-21-17-14-10-6-2)54-46(50)36-28-22-19-23-29-37-48(39-40-49)38-30-25-32-42-53-47(51)44(33-12-8-4)43-52-41-31-24-18-15-11-7-3/h44-45,49H,5-43H2,1-4H3. The van der Waals surface area contributed by atoms with Crippen molar-refractivity contribution in [3.05, 3.63) is 0 Å². The number of nitrogens with zero attached hydrogens (tertiary/aromatic N) is 1. The molecule has 0 aliphatic carbocycles. The highest BCUT2D eigenvalue weighted by molar-refractivity contribution is 5.72. The Bertz CT molecular complexity index is 763. The Balaban J connectivity index is 4.18. The van der Waals surface area contributed by atoms with Gasteiger partial charge in [-0.25, -0.2) is 0 Å². The Hall–Kier alpha value is -1.18. The van der Waals surface area contributed by atoms with Crippen molar-refractivity contribution in [3.63, 3.8) is 0 Å². The van der Waals surface area contributed by atoms with E-state index in [1.54, 1.807) is 0 Å². The Kier molecular flexibility index (Phi) is 42.0. The third-order valence-corrected chi connectivity index (χ3v) is 10.9. The highest BCUT2D eigenvalue weighted by atomic mass is 16.5. The lowest BCUT2D eigenvalue weighted by Crippen LogP contribution is -2.29. The Morgan fingerprint density at radius 3 is 1.52 bits per heavy atom. The van der Waals surface area contributed by atoms with E-state index in [9.17, 15) is 14.7 Å². The first-order chi connectivity index (χ1) is 26.5. The molecule has 0 aliphatic rings. The van der Waals surface area contributed by atoms with Crippen molar-refractivity contribution in [2.45, 2.75) is 239 Å². The molecule has 0 aliphatic heterocycles. The van der Waals surface area contributed by atoms with Gasteiger partial charge in [-0.05, 0) is 83.7 Å². The molecule has 0 aromatic rings. The van der Waals surface area contributed by atoms with E-state index in [1.165, 1.54) is 109 Å². The van der Waals surface area contributed by atoms with Crippen LogP contribution in [0.2, 0.25) is 0 Å². The summed E-state index contributed by atoms with van der Waals surface area (Å²) in [5.74, 6) is -0.239. The second-order valence-corrected chi connectivity index (χ2v) is 16.2. The van der Waals surface area contributed by atoms with Crippen LogP contribution in [0.25, 0.3) is 0 Å². The van der Waals surface area contributed by atoms with Crippen LogP contribution in [0.5, 0.6) is 0 Å². The minimum Gasteiger partial charge on any atom is -0.465 e. The number of hydrogen-bond acceptors (Lipinski definition) is 7. The molecule has 0 amide bonds. The molecular weight excluding hydrogens is 675 g/mol. The van der Waals surface area contributed by atoms with Crippen LogP contribution in [0.4, 0.5) is 0 Å². The second kappa shape index (κ2) is 43.0. The average molecular weight is 768 g/mol. The van der Waals surface area contributed by atoms with Crippen molar-refractivity contribution in [1.82, 2.24) is 4.90 Å². The molecule has 0 aromatic carbocycles. The first kappa shape index (κ1) is 52.8. The molecule has 0 fully saturated rings. The average Bonchev–Trinajstić information content (AvgIpc) is 3.17. The highest BCUT2D eigenvalue weighted by Crippen LogP contribution is 2.19. The summed E-state index contributed by atoms with van der Waals surface area (Å²) in [4.78, 5) is 27.9. The molecule has 0 saturated heterocycles. The minimum atomic E-state index is -0.148. The van der Waals surface area contributed by atoms with Crippen LogP contribution in [0.3, 0.4) is 0 Å². The van der Waals surface area contributed by atoms with Gasteiger partial charge >= 0.3 is 11.9 Å². The van der Waals surface area contributed by atoms with E-state index >= 15 is 0 Å². The van der Waals surface area contributed by atoms with Crippen LogP contribution < -0.4 is 0 Å². The van der Waals surface area contributed by atoms with Gasteiger partial charge in [0.2, 0.25) is 0 Å². The first-order valence-electron chi connectivity index (χ1n) is 23.8. The molecule has 0 bridgehead atoms. The van der Waals surface area contributed by atoms with Gasteiger partial charge in [0.25, 0.3) is 0 Å². The first-order valence-corrected chi connectivity index (χ1v) is 23.8. The number of unbranched alkanes of at least 4 members (excludes halogenated alkanes) is 22. The molecule has 1 N–H and O–H groups in total. The van der Waals surface area contributed by atoms with Crippen LogP contribution in [0, 0.1) is 5.92 Å². The lowest BCUT2D eigenvalue weighted by molar-refractivity contribution is -0.151. The number of ether oxygens (including phenoxy) is 3. The van der Waals surface area contributed by atoms with Gasteiger partial charge in [-0.15, -0.1) is 0 Å². The zero-order valence-corrected chi connectivity index (χ0v) is 36.7. The molecule has 322 valence electrons. The SMILES string of the molecule is CCCCCCCCOCC(CCCC)C(=O)OCCCCCN(CCO)CCCCCCCC(=O)OC(CCCCCCCC)CCCCCCCC. The van der Waals surface area contributed by atoms with Crippen molar-refractivity contribution in [2.24, 2.45) is 5.92 Å². The lowest BCUT2D eigenvalue weighted by Gasteiger charge is -2.21. The maximum absolute atomic E-state index is 12.8. The van der Waals surface area contributed by atoms with E-state index in [4.69, 9.17) is 14.2 Å². The minimum absolute atomic E-state index is 0.00461. The van der Waals surface area contributed by atoms with Gasteiger partial charge in [-0.2, -0.15) is 0 Å². The monoisotopic (exact) mass is 768 g/mol. The summed E-state index contributed by atoms with van der Waals surface area (Å²) in [7, 11) is 0. The molecule has 0 rings (SSSR count). The fourth-order valence-corrected chi connectivity index (χ4v) is 7.26. The molecule has 0 aromatic heterocycles. The molecule has 1 atom stereocenters. The van der Waals surface area contributed by atoms with Gasteiger partial charge < -0.3 is 24.2 Å². The smallest absolute Gasteiger partial charge is 0.311 e. The molecule has 0 heterocycles. The van der Waals surface area contributed by atoms with Gasteiger partial charge in [0.05, 0.1) is 25.7 Å². The summed E-state index contributed by atoms with van der Waals surface area (Å²) < 4.78 is 17.6. The van der Waals surface area contributed by atoms with Crippen LogP contribution in [-0.2, 0) is 23.8 Å². The normalized spacial score (nSPS) is 12.2. The van der Waals surface area contributed by atoms with E-state index in [0.29, 0.717) is 26.2 Å². The molecule has 0 saturated carbocycles. The predicted octanol–water partition coefficient (Wildman–Crippen LogP) is 12.9. The molecule has 54 heavy (non-hydrogen) atoms. The van der Waals surface area contributed by atoms with E-state index in [1.807, 2.05) is 0 Å². The van der Waals surface area contributed by atoms with Gasteiger partial charge in [0.15, 0.2) is 0 Å². The zero-order chi connectivity index (χ0) is 39.6. The summed E-state index contributed by atoms with van der Waals surface area (Å²) in [6.45, 7) is 13.5. The lowest BCUT2D eigenvalue weighted by atomic mass is 10.0. The topological polar surface area (TPSA) is 85.3 Å². The zero-order valence-electron chi connectivity index (χ0n) is 36.7. The number of aliphatic hydroxyl groups is 1. The van der Waals surface area contributed by atoms with Gasteiger partial charge in [-0.1, -0.05) is 156 Å². The van der Waals surface area contributed by atoms with Crippen molar-refractivity contribution < 1.29 is 28.9 Å². The van der Waals surface area contributed by atoms with Crippen LogP contribution >= 0.6 is 0 Å². The number of carbonyl (C=O) groups is 2. The van der Waals surface area contributed by atoms with Crippen LogP contribution in [-0.4, -0.2) is 74.1 Å². The molecule has 7 heteroatoms. The predicted molar refractivity (Wildman–Crippen MR) is 229 cm³/mol. The third kappa shape index (κ3) is 36.5. The van der Waals surface area contributed by atoms with E-state index in [0.717, 1.165) is 110 Å². The quantitative estimate of drug-likeness (QED) is 0.0488. The third-order valence-electron chi connectivity index (χ3n) is 10.9. The van der Waals surface area contributed by atoms with Gasteiger partial charge in [0.1, 0.15) is 6.10 Å². The molecular formula is C47H93NO6. The van der Waals surface area contributed by atoms with E-state index in [-0.39, 0.29) is 30.6 Å². The van der Waals surface area contributed by atoms with E-state index < -0.39 is 0 Å². The van der Waals surface area contributed by atoms with Crippen LogP contribution in [0.15, 0.2) is 0 Å². The Morgan fingerprint density at radius 2 is 0.963 bits per heavy atom. The van der Waals surface area contributed by atoms with E-state index in [2.05, 4.69) is 32.6 Å². The molecule has 0 radical (unpaired) electrons. The maximum Gasteiger partial charge on any atom is 0.311 e. The number of esters is 2. The molecule has 7 nitrogen and oxygen atoms in total. The van der Waals surface area contributed by atoms with Crippen molar-refractivity contribution in [3.8, 4) is 0 Å². The summed E-state index contributed by atoms with van der Waals surface area (Å²) in [6, 6.07) is 0. The number of rotatable bonds is 44. The number of hydrogen-bond donors (Lipinski definition) is 1. The summed E-state index contributed by atoms with van der Waals surface area (Å²) in [5.41, 5.74) is 0. The highest BCUT2D eigenvalue weighted by Gasteiger charge is 2.20. The van der Waals surface area contributed by atoms with Crippen molar-refractivity contribution in [1.29, 1.82) is 0 Å². The summed E-state index contributed by atoms with van der Waals surface area (Å²) >= 11 is 0. The fraction of sp³-hybridized carbons (Fsp3) is 0.957. The molecule has 0 spiro atoms.